The summed E-state index contributed by atoms with van der Waals surface area (Å²) in [4.78, 5) is 2.00. The van der Waals surface area contributed by atoms with Gasteiger partial charge in [-0.1, -0.05) is 5.16 Å². The first-order valence-corrected chi connectivity index (χ1v) is 5.66. The maximum atomic E-state index is 9.90. The molecule has 0 unspecified atom stereocenters. The van der Waals surface area contributed by atoms with Crippen LogP contribution < -0.4 is 4.90 Å². The lowest BCUT2D eigenvalue weighted by Crippen LogP contribution is -2.36. The zero-order valence-electron chi connectivity index (χ0n) is 11.2. The number of hydrogen-bond acceptors (Lipinski definition) is 4. The molecular weight excluding hydrogens is 230 g/mol. The highest BCUT2D eigenvalue weighted by Gasteiger charge is 2.29. The Morgan fingerprint density at radius 2 is 1.78 bits per heavy atom. The molecule has 5 nitrogen and oxygen atoms in total. The van der Waals surface area contributed by atoms with Gasteiger partial charge in [-0.05, 0) is 29.0 Å². The molecule has 0 atom stereocenters. The predicted octanol–water partition coefficient (Wildman–Crippen LogP) is 1.81. The van der Waals surface area contributed by atoms with Crippen LogP contribution in [0.1, 0.15) is 19.4 Å². The van der Waals surface area contributed by atoms with Gasteiger partial charge in [0.1, 0.15) is 6.21 Å². The summed E-state index contributed by atoms with van der Waals surface area (Å²) >= 11 is 0. The van der Waals surface area contributed by atoms with Crippen molar-refractivity contribution in [2.24, 2.45) is 5.16 Å². The normalized spacial score (nSPS) is 13.0. The topological polar surface area (TPSA) is 59.1 Å². The van der Waals surface area contributed by atoms with Crippen molar-refractivity contribution >= 4 is 18.1 Å². The largest absolute Gasteiger partial charge is 0.411 e. The molecule has 0 aliphatic heterocycles. The number of rotatable bonds is 4. The van der Waals surface area contributed by atoms with Gasteiger partial charge in [0.2, 0.25) is 11.8 Å². The first-order chi connectivity index (χ1) is 8.36. The van der Waals surface area contributed by atoms with E-state index in [1.165, 1.54) is 6.21 Å². The zero-order chi connectivity index (χ0) is 13.8. The van der Waals surface area contributed by atoms with Gasteiger partial charge in [-0.25, -0.2) is 0 Å². The van der Waals surface area contributed by atoms with E-state index >= 15 is 0 Å². The van der Waals surface area contributed by atoms with Crippen LogP contribution in [0.4, 0.5) is 5.69 Å². The maximum absolute atomic E-state index is 9.90. The Morgan fingerprint density at radius 3 is 2.22 bits per heavy atom. The van der Waals surface area contributed by atoms with E-state index in [9.17, 15) is 5.21 Å². The molecule has 0 amide bonds. The van der Waals surface area contributed by atoms with Crippen molar-refractivity contribution in [2.75, 3.05) is 19.0 Å². The van der Waals surface area contributed by atoms with E-state index in [4.69, 9.17) is 5.21 Å². The van der Waals surface area contributed by atoms with Gasteiger partial charge in [-0.3, -0.25) is 5.21 Å². The second-order valence-electron chi connectivity index (χ2n) is 4.86. The average Bonchev–Trinajstić information content (AvgIpc) is 2.29. The molecule has 0 spiro atoms. The van der Waals surface area contributed by atoms with Gasteiger partial charge in [-0.15, -0.1) is 0 Å². The summed E-state index contributed by atoms with van der Waals surface area (Å²) in [5.74, 6) is 0. The fourth-order valence-electron chi connectivity index (χ4n) is 1.37. The van der Waals surface area contributed by atoms with Gasteiger partial charge >= 0.3 is 0 Å². The van der Waals surface area contributed by atoms with Crippen LogP contribution >= 0.6 is 0 Å². The lowest BCUT2D eigenvalue weighted by molar-refractivity contribution is -0.805. The monoisotopic (exact) mass is 250 g/mol. The first kappa shape index (κ1) is 14.0. The molecule has 5 heteroatoms. The van der Waals surface area contributed by atoms with Crippen LogP contribution in [0.25, 0.3) is 0 Å². The molecule has 0 heterocycles. The Bertz CT molecular complexity index is 448. The Balaban J connectivity index is 2.95. The molecule has 0 saturated carbocycles. The third kappa shape index (κ3) is 3.48. The van der Waals surface area contributed by atoms with Crippen LogP contribution in [0.5, 0.6) is 0 Å². The quantitative estimate of drug-likeness (QED) is 0.371. The second kappa shape index (κ2) is 5.53. The molecule has 1 aromatic carbocycles. The van der Waals surface area contributed by atoms with Crippen LogP contribution in [0, 0.1) is 0 Å². The average molecular weight is 250 g/mol. The zero-order valence-corrected chi connectivity index (χ0v) is 11.2. The minimum Gasteiger partial charge on any atom is -0.411 e. The van der Waals surface area contributed by atoms with Crippen LogP contribution in [-0.4, -0.2) is 47.2 Å². The number of hydrogen-bond donors (Lipinski definition) is 2. The molecule has 1 aromatic rings. The third-order valence-corrected chi connectivity index (χ3v) is 2.64. The van der Waals surface area contributed by atoms with E-state index in [1.807, 2.05) is 43.3 Å². The summed E-state index contributed by atoms with van der Waals surface area (Å²) in [6.07, 6.45) is 2.85. The highest BCUT2D eigenvalue weighted by Crippen LogP contribution is 2.11. The molecule has 0 aliphatic carbocycles. The molecular formula is C13H20N3O2+. The summed E-state index contributed by atoms with van der Waals surface area (Å²) in [6.45, 7) is 3.47. The van der Waals surface area contributed by atoms with Gasteiger partial charge in [0.25, 0.3) is 0 Å². The highest BCUT2D eigenvalue weighted by atomic mass is 16.5. The summed E-state index contributed by atoms with van der Waals surface area (Å²) in [7, 11) is 3.94. The predicted molar refractivity (Wildman–Crippen MR) is 72.3 cm³/mol. The lowest BCUT2D eigenvalue weighted by atomic mass is 10.1. The van der Waals surface area contributed by atoms with Crippen molar-refractivity contribution < 1.29 is 15.2 Å². The third-order valence-electron chi connectivity index (χ3n) is 2.64. The Hall–Kier alpha value is -2.04. The van der Waals surface area contributed by atoms with Crippen molar-refractivity contribution in [1.82, 2.24) is 0 Å². The second-order valence-corrected chi connectivity index (χ2v) is 4.86. The SMILES string of the molecule is CN(C)c1ccc(C=[N+](O)C(C)(C)C=NO)cc1. The van der Waals surface area contributed by atoms with Crippen molar-refractivity contribution in [3.05, 3.63) is 29.8 Å². The molecule has 18 heavy (non-hydrogen) atoms. The number of oxime groups is 1. The highest BCUT2D eigenvalue weighted by molar-refractivity contribution is 5.77. The Morgan fingerprint density at radius 1 is 1.22 bits per heavy atom. The number of benzene rings is 1. The van der Waals surface area contributed by atoms with Crippen LogP contribution in [-0.2, 0) is 0 Å². The summed E-state index contributed by atoms with van der Waals surface area (Å²) in [5.41, 5.74) is 1.19. The molecule has 1 rings (SSSR count). The number of anilines is 1. The summed E-state index contributed by atoms with van der Waals surface area (Å²) < 4.78 is 1.01. The van der Waals surface area contributed by atoms with E-state index in [1.54, 1.807) is 20.1 Å². The molecule has 2 N–H and O–H groups in total. The Labute approximate surface area is 107 Å². The standard InChI is InChI=1S/C13H19N3O2/c1-13(2,10-14-17)16(18)9-11-5-7-12(8-6-11)15(3)4/h5-10H,1-4H3,(H-,17,18)/p+1. The van der Waals surface area contributed by atoms with Crippen molar-refractivity contribution in [2.45, 2.75) is 19.4 Å². The molecule has 0 aliphatic rings. The molecule has 0 saturated heterocycles. The van der Waals surface area contributed by atoms with Gasteiger partial charge < -0.3 is 10.1 Å². The van der Waals surface area contributed by atoms with Gasteiger partial charge in [0.05, 0.1) is 0 Å². The summed E-state index contributed by atoms with van der Waals surface area (Å²) in [6, 6.07) is 7.75. The van der Waals surface area contributed by atoms with Gasteiger partial charge in [0, 0.05) is 39.2 Å². The van der Waals surface area contributed by atoms with E-state index in [2.05, 4.69) is 5.16 Å². The number of hydroxylamine groups is 1. The van der Waals surface area contributed by atoms with E-state index in [0.717, 1.165) is 16.0 Å². The summed E-state index contributed by atoms with van der Waals surface area (Å²) in [5, 5.41) is 21.4. The fourth-order valence-corrected chi connectivity index (χ4v) is 1.37. The van der Waals surface area contributed by atoms with Crippen molar-refractivity contribution in [3.8, 4) is 0 Å². The van der Waals surface area contributed by atoms with Gasteiger partial charge in [-0.2, -0.15) is 0 Å². The molecule has 0 radical (unpaired) electrons. The fraction of sp³-hybridized carbons (Fsp3) is 0.385. The molecule has 98 valence electrons. The Kier molecular flexibility index (Phi) is 4.31. The van der Waals surface area contributed by atoms with E-state index in [-0.39, 0.29) is 0 Å². The van der Waals surface area contributed by atoms with Crippen LogP contribution in [0.15, 0.2) is 29.4 Å². The van der Waals surface area contributed by atoms with Crippen LogP contribution in [0.2, 0.25) is 0 Å². The van der Waals surface area contributed by atoms with E-state index in [0.29, 0.717) is 0 Å². The minimum atomic E-state index is -0.769. The van der Waals surface area contributed by atoms with Gasteiger partial charge in [0.15, 0.2) is 0 Å². The maximum Gasteiger partial charge on any atom is 0.243 e. The molecule has 0 aromatic heterocycles. The van der Waals surface area contributed by atoms with Crippen molar-refractivity contribution in [1.29, 1.82) is 0 Å². The lowest BCUT2D eigenvalue weighted by Gasteiger charge is -2.12. The minimum absolute atomic E-state index is 0.769. The molecule has 0 fully saturated rings. The van der Waals surface area contributed by atoms with Crippen molar-refractivity contribution in [3.63, 3.8) is 0 Å². The van der Waals surface area contributed by atoms with Crippen LogP contribution in [0.3, 0.4) is 0 Å². The number of nitrogens with zero attached hydrogens (tertiary/aromatic N) is 3. The smallest absolute Gasteiger partial charge is 0.243 e. The first-order valence-electron chi connectivity index (χ1n) is 5.66. The van der Waals surface area contributed by atoms with E-state index < -0.39 is 5.54 Å². The molecule has 0 bridgehead atoms.